The van der Waals surface area contributed by atoms with Gasteiger partial charge in [-0.05, 0) is 68.9 Å². The van der Waals surface area contributed by atoms with E-state index in [-0.39, 0.29) is 12.2 Å². The van der Waals surface area contributed by atoms with Crippen molar-refractivity contribution in [2.24, 2.45) is 4.99 Å². The molecule has 0 fully saturated rings. The monoisotopic (exact) mass is 465 g/mol. The molecule has 2 aromatic rings. The molecule has 2 aromatic carbocycles. The van der Waals surface area contributed by atoms with Crippen LogP contribution in [0.15, 0.2) is 59.6 Å². The Morgan fingerprint density at radius 1 is 0.912 bits per heavy atom. The SMILES string of the molecule is CCCN(CCC)CCCCN(Cc1ccc(CN=Cc2ccccc2)cc1)C(C)OC(C)=O. The number of unbranched alkanes of at least 4 members (excludes halogenated alkanes) is 1. The van der Waals surface area contributed by atoms with Crippen molar-refractivity contribution in [1.82, 2.24) is 9.80 Å². The number of nitrogens with zero attached hydrogens (tertiary/aromatic N) is 3. The summed E-state index contributed by atoms with van der Waals surface area (Å²) in [6.07, 6.45) is 6.31. The fourth-order valence-electron chi connectivity index (χ4n) is 4.10. The van der Waals surface area contributed by atoms with Crippen LogP contribution in [-0.4, -0.2) is 54.4 Å². The fourth-order valence-corrected chi connectivity index (χ4v) is 4.10. The van der Waals surface area contributed by atoms with Gasteiger partial charge in [-0.2, -0.15) is 0 Å². The average Bonchev–Trinajstić information content (AvgIpc) is 2.82. The van der Waals surface area contributed by atoms with E-state index in [1.807, 2.05) is 31.3 Å². The first kappa shape index (κ1) is 27.7. The third kappa shape index (κ3) is 11.1. The predicted molar refractivity (Wildman–Crippen MR) is 142 cm³/mol. The van der Waals surface area contributed by atoms with E-state index in [1.165, 1.54) is 44.0 Å². The molecule has 0 saturated carbocycles. The number of esters is 1. The van der Waals surface area contributed by atoms with Crippen LogP contribution >= 0.6 is 0 Å². The molecule has 0 heterocycles. The fraction of sp³-hybridized carbons (Fsp3) is 0.517. The summed E-state index contributed by atoms with van der Waals surface area (Å²) in [5.74, 6) is -0.235. The lowest BCUT2D eigenvalue weighted by Gasteiger charge is -2.29. The Morgan fingerprint density at radius 3 is 2.15 bits per heavy atom. The van der Waals surface area contributed by atoms with Crippen molar-refractivity contribution < 1.29 is 9.53 Å². The zero-order valence-electron chi connectivity index (χ0n) is 21.6. The minimum atomic E-state index is -0.241. The van der Waals surface area contributed by atoms with Crippen LogP contribution in [0.25, 0.3) is 0 Å². The molecule has 5 heteroatoms. The molecule has 0 aromatic heterocycles. The van der Waals surface area contributed by atoms with Crippen LogP contribution in [0.5, 0.6) is 0 Å². The first-order chi connectivity index (χ1) is 16.5. The van der Waals surface area contributed by atoms with Gasteiger partial charge in [0.25, 0.3) is 0 Å². The summed E-state index contributed by atoms with van der Waals surface area (Å²) in [6.45, 7) is 13.7. The standard InChI is InChI=1S/C29H43N3O2/c1-5-18-31(19-6-2)20-10-11-21-32(25(3)34-26(4)33)24-29-16-14-28(15-17-29)23-30-22-27-12-8-7-9-13-27/h7-9,12-17,22,25H,5-6,10-11,18-21,23-24H2,1-4H3. The van der Waals surface area contributed by atoms with Crippen molar-refractivity contribution in [1.29, 1.82) is 0 Å². The van der Waals surface area contributed by atoms with E-state index in [0.717, 1.165) is 38.0 Å². The molecule has 0 aliphatic carbocycles. The minimum absolute atomic E-state index is 0.235. The quantitative estimate of drug-likeness (QED) is 0.134. The molecular weight excluding hydrogens is 422 g/mol. The van der Waals surface area contributed by atoms with Crippen LogP contribution in [0, 0.1) is 0 Å². The highest BCUT2D eigenvalue weighted by Crippen LogP contribution is 2.13. The van der Waals surface area contributed by atoms with Crippen LogP contribution in [0.1, 0.15) is 70.1 Å². The minimum Gasteiger partial charge on any atom is -0.447 e. The van der Waals surface area contributed by atoms with Gasteiger partial charge in [0.15, 0.2) is 6.23 Å². The van der Waals surface area contributed by atoms with Gasteiger partial charge in [0.1, 0.15) is 0 Å². The molecule has 1 unspecified atom stereocenters. The number of hydrogen-bond acceptors (Lipinski definition) is 5. The third-order valence-electron chi connectivity index (χ3n) is 5.82. The van der Waals surface area contributed by atoms with Crippen LogP contribution in [-0.2, 0) is 22.6 Å². The maximum Gasteiger partial charge on any atom is 0.304 e. The van der Waals surface area contributed by atoms with Gasteiger partial charge in [-0.1, -0.05) is 68.4 Å². The summed E-state index contributed by atoms with van der Waals surface area (Å²) in [7, 11) is 0. The Bertz CT molecular complexity index is 830. The number of hydrogen-bond donors (Lipinski definition) is 0. The Morgan fingerprint density at radius 2 is 1.53 bits per heavy atom. The smallest absolute Gasteiger partial charge is 0.304 e. The van der Waals surface area contributed by atoms with Crippen LogP contribution in [0.2, 0.25) is 0 Å². The molecule has 34 heavy (non-hydrogen) atoms. The van der Waals surface area contributed by atoms with E-state index in [1.54, 1.807) is 0 Å². The molecule has 0 bridgehead atoms. The summed E-state index contributed by atoms with van der Waals surface area (Å²) in [5.41, 5.74) is 3.51. The Hall–Kier alpha value is -2.50. The number of rotatable bonds is 16. The number of carbonyl (C=O) groups excluding carboxylic acids is 1. The first-order valence-corrected chi connectivity index (χ1v) is 12.8. The van der Waals surface area contributed by atoms with Crippen molar-refractivity contribution in [3.05, 3.63) is 71.3 Å². The number of ether oxygens (including phenoxy) is 1. The largest absolute Gasteiger partial charge is 0.447 e. The Kier molecular flexibility index (Phi) is 13.2. The van der Waals surface area contributed by atoms with E-state index in [4.69, 9.17) is 4.74 Å². The van der Waals surface area contributed by atoms with Crippen LogP contribution in [0.3, 0.4) is 0 Å². The van der Waals surface area contributed by atoms with E-state index in [9.17, 15) is 4.79 Å². The third-order valence-corrected chi connectivity index (χ3v) is 5.82. The maximum absolute atomic E-state index is 11.6. The average molecular weight is 466 g/mol. The van der Waals surface area contributed by atoms with E-state index >= 15 is 0 Å². The van der Waals surface area contributed by atoms with Crippen molar-refractivity contribution in [2.45, 2.75) is 72.7 Å². The normalized spacial score (nSPS) is 12.5. The zero-order valence-corrected chi connectivity index (χ0v) is 21.6. The predicted octanol–water partition coefficient (Wildman–Crippen LogP) is 5.92. The van der Waals surface area contributed by atoms with Gasteiger partial charge in [-0.15, -0.1) is 0 Å². The lowest BCUT2D eigenvalue weighted by atomic mass is 10.1. The molecule has 5 nitrogen and oxygen atoms in total. The van der Waals surface area contributed by atoms with Gasteiger partial charge in [0.2, 0.25) is 0 Å². The van der Waals surface area contributed by atoms with Crippen molar-refractivity contribution in [3.63, 3.8) is 0 Å². The van der Waals surface area contributed by atoms with Gasteiger partial charge < -0.3 is 9.64 Å². The molecule has 1 atom stereocenters. The van der Waals surface area contributed by atoms with Gasteiger partial charge in [0.05, 0.1) is 6.54 Å². The zero-order chi connectivity index (χ0) is 24.6. The number of carbonyl (C=O) groups is 1. The highest BCUT2D eigenvalue weighted by Gasteiger charge is 2.17. The maximum atomic E-state index is 11.6. The summed E-state index contributed by atoms with van der Waals surface area (Å²) < 4.78 is 5.52. The van der Waals surface area contributed by atoms with Crippen LogP contribution in [0.4, 0.5) is 0 Å². The summed E-state index contributed by atoms with van der Waals surface area (Å²) in [5, 5.41) is 0. The highest BCUT2D eigenvalue weighted by molar-refractivity contribution is 5.79. The molecule has 0 spiro atoms. The molecule has 2 rings (SSSR count). The van der Waals surface area contributed by atoms with E-state index in [2.05, 4.69) is 65.0 Å². The Labute approximate surface area is 206 Å². The molecule has 0 aliphatic heterocycles. The first-order valence-electron chi connectivity index (χ1n) is 12.8. The van der Waals surface area contributed by atoms with Gasteiger partial charge in [-0.3, -0.25) is 14.7 Å². The summed E-state index contributed by atoms with van der Waals surface area (Å²) in [6, 6.07) is 18.7. The summed E-state index contributed by atoms with van der Waals surface area (Å²) in [4.78, 5) is 20.9. The second-order valence-corrected chi connectivity index (χ2v) is 8.92. The lowest BCUT2D eigenvalue weighted by Crippen LogP contribution is -2.37. The molecule has 0 aliphatic rings. The lowest BCUT2D eigenvalue weighted by molar-refractivity contribution is -0.155. The van der Waals surface area contributed by atoms with E-state index in [0.29, 0.717) is 6.54 Å². The molecule has 0 saturated heterocycles. The topological polar surface area (TPSA) is 45.1 Å². The second-order valence-electron chi connectivity index (χ2n) is 8.92. The van der Waals surface area contributed by atoms with Crippen molar-refractivity contribution in [2.75, 3.05) is 26.2 Å². The van der Waals surface area contributed by atoms with Gasteiger partial charge in [0, 0.05) is 26.2 Å². The highest BCUT2D eigenvalue weighted by atomic mass is 16.6. The molecule has 0 N–H and O–H groups in total. The molecule has 186 valence electrons. The van der Waals surface area contributed by atoms with Gasteiger partial charge >= 0.3 is 5.97 Å². The molecule has 0 amide bonds. The summed E-state index contributed by atoms with van der Waals surface area (Å²) >= 11 is 0. The number of benzene rings is 2. The second kappa shape index (κ2) is 16.2. The number of aliphatic imine (C=N–C) groups is 1. The van der Waals surface area contributed by atoms with Crippen LogP contribution < -0.4 is 0 Å². The molecule has 0 radical (unpaired) electrons. The van der Waals surface area contributed by atoms with E-state index < -0.39 is 0 Å². The Balaban J connectivity index is 1.89. The molecular formula is C29H43N3O2. The van der Waals surface area contributed by atoms with Crippen molar-refractivity contribution >= 4 is 12.2 Å². The van der Waals surface area contributed by atoms with Crippen molar-refractivity contribution in [3.8, 4) is 0 Å². The van der Waals surface area contributed by atoms with Gasteiger partial charge in [-0.25, -0.2) is 0 Å².